The Morgan fingerprint density at radius 3 is 2.52 bits per heavy atom. The van der Waals surface area contributed by atoms with Crippen molar-refractivity contribution in [2.45, 2.75) is 26.4 Å². The predicted molar refractivity (Wildman–Crippen MR) is 111 cm³/mol. The molecule has 1 aromatic heterocycles. The van der Waals surface area contributed by atoms with E-state index in [0.717, 1.165) is 10.2 Å². The highest BCUT2D eigenvalue weighted by molar-refractivity contribution is 9.10. The lowest BCUT2D eigenvalue weighted by Crippen LogP contribution is -1.95. The van der Waals surface area contributed by atoms with Crippen LogP contribution in [0.4, 0.5) is 0 Å². The van der Waals surface area contributed by atoms with Crippen LogP contribution in [0.15, 0.2) is 75.6 Å². The third kappa shape index (κ3) is 5.20. The summed E-state index contributed by atoms with van der Waals surface area (Å²) < 4.78 is 12.3. The summed E-state index contributed by atoms with van der Waals surface area (Å²) in [4.78, 5) is 12.3. The molecule has 0 N–H and O–H groups in total. The van der Waals surface area contributed by atoms with Gasteiger partial charge in [-0.25, -0.2) is 0 Å². The first-order valence-electron chi connectivity index (χ1n) is 8.81. The van der Waals surface area contributed by atoms with Gasteiger partial charge in [-0.15, -0.1) is 0 Å². The number of furan rings is 1. The van der Waals surface area contributed by atoms with Crippen molar-refractivity contribution in [2.24, 2.45) is 0 Å². The van der Waals surface area contributed by atoms with Crippen molar-refractivity contribution in [2.75, 3.05) is 0 Å². The van der Waals surface area contributed by atoms with Gasteiger partial charge in [-0.3, -0.25) is 4.79 Å². The van der Waals surface area contributed by atoms with E-state index in [4.69, 9.17) is 9.15 Å². The number of hydrogen-bond acceptors (Lipinski definition) is 3. The van der Waals surface area contributed by atoms with Crippen LogP contribution >= 0.6 is 15.9 Å². The molecule has 3 aromatic rings. The first kappa shape index (κ1) is 19.2. The molecule has 0 aliphatic carbocycles. The van der Waals surface area contributed by atoms with Crippen LogP contribution in [0.1, 0.15) is 47.2 Å². The molecule has 0 radical (unpaired) electrons. The average Bonchev–Trinajstić information content (AvgIpc) is 3.13. The van der Waals surface area contributed by atoms with Crippen molar-refractivity contribution < 1.29 is 13.9 Å². The van der Waals surface area contributed by atoms with Gasteiger partial charge in [0.1, 0.15) is 23.9 Å². The molecule has 2 aromatic carbocycles. The summed E-state index contributed by atoms with van der Waals surface area (Å²) in [6, 6.07) is 19.0. The van der Waals surface area contributed by atoms with Crippen molar-refractivity contribution >= 4 is 27.8 Å². The average molecular weight is 425 g/mol. The van der Waals surface area contributed by atoms with Crippen molar-refractivity contribution in [1.29, 1.82) is 0 Å². The fourth-order valence-corrected chi connectivity index (χ4v) is 2.96. The molecule has 0 amide bonds. The van der Waals surface area contributed by atoms with Gasteiger partial charge in [-0.1, -0.05) is 50.2 Å². The van der Waals surface area contributed by atoms with Gasteiger partial charge in [-0.2, -0.15) is 0 Å². The highest BCUT2D eigenvalue weighted by atomic mass is 79.9. The third-order valence-electron chi connectivity index (χ3n) is 4.15. The molecule has 3 nitrogen and oxygen atoms in total. The standard InChI is InChI=1S/C23H21BrO3/c1-16(2)17-7-9-18(10-8-17)22(25)14-13-19-11-12-20(27-19)15-26-23-6-4-3-5-21(23)24/h3-14,16H,15H2,1-2H3/b14-13+. The molecule has 0 atom stereocenters. The summed E-state index contributed by atoms with van der Waals surface area (Å²) in [6.07, 6.45) is 3.21. The molecule has 0 fully saturated rings. The Hall–Kier alpha value is -2.59. The summed E-state index contributed by atoms with van der Waals surface area (Å²) in [5.41, 5.74) is 1.89. The summed E-state index contributed by atoms with van der Waals surface area (Å²) in [7, 11) is 0. The van der Waals surface area contributed by atoms with Crippen LogP contribution in [-0.2, 0) is 6.61 Å². The van der Waals surface area contributed by atoms with Gasteiger partial charge in [0, 0.05) is 5.56 Å². The second kappa shape index (κ2) is 8.87. The lowest BCUT2D eigenvalue weighted by atomic mass is 10.0. The lowest BCUT2D eigenvalue weighted by molar-refractivity contribution is 0.104. The highest BCUT2D eigenvalue weighted by Crippen LogP contribution is 2.25. The minimum Gasteiger partial charge on any atom is -0.484 e. The molecular weight excluding hydrogens is 404 g/mol. The second-order valence-electron chi connectivity index (χ2n) is 6.50. The molecule has 138 valence electrons. The molecule has 0 bridgehead atoms. The van der Waals surface area contributed by atoms with E-state index < -0.39 is 0 Å². The molecule has 0 saturated heterocycles. The number of halogens is 1. The van der Waals surface area contributed by atoms with Gasteiger partial charge in [0.25, 0.3) is 0 Å². The zero-order chi connectivity index (χ0) is 19.2. The van der Waals surface area contributed by atoms with Crippen LogP contribution in [0, 0.1) is 0 Å². The van der Waals surface area contributed by atoms with Gasteiger partial charge in [0.15, 0.2) is 5.78 Å². The maximum atomic E-state index is 12.3. The molecule has 27 heavy (non-hydrogen) atoms. The van der Waals surface area contributed by atoms with E-state index >= 15 is 0 Å². The summed E-state index contributed by atoms with van der Waals surface area (Å²) >= 11 is 3.45. The number of rotatable bonds is 7. The van der Waals surface area contributed by atoms with Crippen LogP contribution < -0.4 is 4.74 Å². The molecule has 0 saturated carbocycles. The highest BCUT2D eigenvalue weighted by Gasteiger charge is 2.06. The predicted octanol–water partition coefficient (Wildman–Crippen LogP) is 6.64. The largest absolute Gasteiger partial charge is 0.484 e. The molecule has 0 unspecified atom stereocenters. The zero-order valence-corrected chi connectivity index (χ0v) is 16.9. The van der Waals surface area contributed by atoms with Crippen molar-refractivity contribution in [3.05, 3.63) is 93.9 Å². The molecule has 3 rings (SSSR count). The van der Waals surface area contributed by atoms with Crippen LogP contribution in [0.2, 0.25) is 0 Å². The van der Waals surface area contributed by atoms with Crippen molar-refractivity contribution in [3.8, 4) is 5.75 Å². The number of carbonyl (C=O) groups excluding carboxylic acids is 1. The zero-order valence-electron chi connectivity index (χ0n) is 15.3. The third-order valence-corrected chi connectivity index (χ3v) is 4.80. The minimum atomic E-state index is -0.0484. The lowest BCUT2D eigenvalue weighted by Gasteiger charge is -2.05. The first-order valence-corrected chi connectivity index (χ1v) is 9.60. The van der Waals surface area contributed by atoms with Crippen molar-refractivity contribution in [1.82, 2.24) is 0 Å². The van der Waals surface area contributed by atoms with Gasteiger partial charge < -0.3 is 9.15 Å². The molecule has 1 heterocycles. The van der Waals surface area contributed by atoms with Crippen LogP contribution in [0.25, 0.3) is 6.08 Å². The Morgan fingerprint density at radius 1 is 1.07 bits per heavy atom. The quantitative estimate of drug-likeness (QED) is 0.315. The van der Waals surface area contributed by atoms with E-state index in [1.54, 1.807) is 6.08 Å². The first-order chi connectivity index (χ1) is 13.0. The van der Waals surface area contributed by atoms with Crippen LogP contribution in [0.3, 0.4) is 0 Å². The van der Waals surface area contributed by atoms with E-state index in [-0.39, 0.29) is 5.78 Å². The molecule has 0 aliphatic heterocycles. The van der Waals surface area contributed by atoms with E-state index in [0.29, 0.717) is 29.6 Å². The number of carbonyl (C=O) groups is 1. The maximum absolute atomic E-state index is 12.3. The normalized spacial score (nSPS) is 11.3. The van der Waals surface area contributed by atoms with Gasteiger partial charge in [0.05, 0.1) is 4.47 Å². The van der Waals surface area contributed by atoms with E-state index in [1.807, 2.05) is 60.7 Å². The molecule has 0 aliphatic rings. The number of hydrogen-bond donors (Lipinski definition) is 0. The van der Waals surface area contributed by atoms with E-state index in [9.17, 15) is 4.79 Å². The van der Waals surface area contributed by atoms with Crippen LogP contribution in [-0.4, -0.2) is 5.78 Å². The SMILES string of the molecule is CC(C)c1ccc(C(=O)/C=C/c2ccc(COc3ccccc3Br)o2)cc1. The second-order valence-corrected chi connectivity index (χ2v) is 7.35. The number of benzene rings is 2. The number of ether oxygens (including phenoxy) is 1. The van der Waals surface area contributed by atoms with E-state index in [1.165, 1.54) is 11.6 Å². The number of allylic oxidation sites excluding steroid dienone is 1. The molecule has 0 spiro atoms. The van der Waals surface area contributed by atoms with Gasteiger partial charge in [-0.05, 0) is 63.8 Å². The maximum Gasteiger partial charge on any atom is 0.185 e. The topological polar surface area (TPSA) is 39.4 Å². The Balaban J connectivity index is 1.59. The summed E-state index contributed by atoms with van der Waals surface area (Å²) in [6.45, 7) is 4.58. The summed E-state index contributed by atoms with van der Waals surface area (Å²) in [5.74, 6) is 2.47. The Bertz CT molecular complexity index is 936. The molecule has 4 heteroatoms. The Labute approximate surface area is 167 Å². The summed E-state index contributed by atoms with van der Waals surface area (Å²) in [5, 5.41) is 0. The smallest absolute Gasteiger partial charge is 0.185 e. The Morgan fingerprint density at radius 2 is 1.81 bits per heavy atom. The fourth-order valence-electron chi connectivity index (χ4n) is 2.56. The van der Waals surface area contributed by atoms with Crippen LogP contribution in [0.5, 0.6) is 5.75 Å². The van der Waals surface area contributed by atoms with Crippen molar-refractivity contribution in [3.63, 3.8) is 0 Å². The number of para-hydroxylation sites is 1. The monoisotopic (exact) mass is 424 g/mol. The fraction of sp³-hybridized carbons (Fsp3) is 0.174. The Kier molecular flexibility index (Phi) is 6.30. The molecular formula is C23H21BrO3. The van der Waals surface area contributed by atoms with E-state index in [2.05, 4.69) is 29.8 Å². The van der Waals surface area contributed by atoms with Gasteiger partial charge >= 0.3 is 0 Å². The van der Waals surface area contributed by atoms with Gasteiger partial charge in [0.2, 0.25) is 0 Å². The minimum absolute atomic E-state index is 0.0484. The number of ketones is 1.